The van der Waals surface area contributed by atoms with Gasteiger partial charge in [0.25, 0.3) is 5.91 Å². The van der Waals surface area contributed by atoms with E-state index in [0.717, 1.165) is 8.45 Å². The summed E-state index contributed by atoms with van der Waals surface area (Å²) in [7, 11) is 0. The Kier molecular flexibility index (Phi) is 5.40. The summed E-state index contributed by atoms with van der Waals surface area (Å²) in [6.07, 6.45) is 0. The van der Waals surface area contributed by atoms with Crippen molar-refractivity contribution in [1.82, 2.24) is 4.90 Å². The molecule has 0 atom stereocenters. The second kappa shape index (κ2) is 6.15. The van der Waals surface area contributed by atoms with E-state index in [1.807, 2.05) is 23.3 Å². The molecule has 0 aliphatic rings. The van der Waals surface area contributed by atoms with Crippen molar-refractivity contribution < 1.29 is 4.79 Å². The SMILES string of the molecule is CCN(CC(C)(C)CN)C(=O)c1csc(I)c1. The standard InChI is InChI=1S/C12H19IN2OS/c1-4-15(8-12(2,3)7-14)11(16)9-5-10(13)17-6-9/h5-6H,4,7-8,14H2,1-3H3. The summed E-state index contributed by atoms with van der Waals surface area (Å²) in [4.78, 5) is 14.1. The second-order valence-corrected chi connectivity index (χ2v) is 7.63. The number of carbonyl (C=O) groups excluding carboxylic acids is 1. The highest BCUT2D eigenvalue weighted by Crippen LogP contribution is 2.20. The number of amides is 1. The molecule has 0 spiro atoms. The number of nitrogens with zero attached hydrogens (tertiary/aromatic N) is 1. The summed E-state index contributed by atoms with van der Waals surface area (Å²) in [5.74, 6) is 0.105. The number of nitrogens with two attached hydrogens (primary N) is 1. The number of carbonyl (C=O) groups is 1. The molecule has 0 saturated heterocycles. The Morgan fingerprint density at radius 3 is 2.65 bits per heavy atom. The Bertz CT molecular complexity index is 390. The topological polar surface area (TPSA) is 46.3 Å². The van der Waals surface area contributed by atoms with E-state index in [9.17, 15) is 4.79 Å². The van der Waals surface area contributed by atoms with E-state index in [-0.39, 0.29) is 11.3 Å². The molecule has 3 nitrogen and oxygen atoms in total. The highest BCUT2D eigenvalue weighted by Gasteiger charge is 2.23. The van der Waals surface area contributed by atoms with E-state index in [4.69, 9.17) is 5.73 Å². The lowest BCUT2D eigenvalue weighted by Gasteiger charge is -2.30. The molecule has 1 heterocycles. The molecule has 0 bridgehead atoms. The molecule has 17 heavy (non-hydrogen) atoms. The van der Waals surface area contributed by atoms with Crippen molar-refractivity contribution in [2.45, 2.75) is 20.8 Å². The van der Waals surface area contributed by atoms with Crippen LogP contribution in [0.2, 0.25) is 0 Å². The summed E-state index contributed by atoms with van der Waals surface area (Å²) in [5, 5.41) is 1.92. The van der Waals surface area contributed by atoms with E-state index < -0.39 is 0 Å². The first-order valence-electron chi connectivity index (χ1n) is 5.63. The second-order valence-electron chi connectivity index (χ2n) is 4.83. The summed E-state index contributed by atoms with van der Waals surface area (Å²) in [6, 6.07) is 1.94. The molecule has 0 saturated carbocycles. The molecule has 0 radical (unpaired) electrons. The highest BCUT2D eigenvalue weighted by molar-refractivity contribution is 14.1. The maximum absolute atomic E-state index is 12.3. The van der Waals surface area contributed by atoms with Crippen molar-refractivity contribution in [3.05, 3.63) is 19.9 Å². The van der Waals surface area contributed by atoms with Gasteiger partial charge in [0, 0.05) is 18.5 Å². The Morgan fingerprint density at radius 2 is 2.24 bits per heavy atom. The predicted octanol–water partition coefficient (Wildman–Crippen LogP) is 2.80. The Hall–Kier alpha value is -0.140. The largest absolute Gasteiger partial charge is 0.338 e. The number of hydrogen-bond donors (Lipinski definition) is 1. The molecule has 0 aliphatic carbocycles. The van der Waals surface area contributed by atoms with Crippen LogP contribution in [0, 0.1) is 8.30 Å². The molecule has 0 aromatic carbocycles. The van der Waals surface area contributed by atoms with Gasteiger partial charge in [-0.2, -0.15) is 0 Å². The Labute approximate surface area is 121 Å². The van der Waals surface area contributed by atoms with Gasteiger partial charge in [-0.15, -0.1) is 11.3 Å². The van der Waals surface area contributed by atoms with Gasteiger partial charge in [-0.3, -0.25) is 4.79 Å². The summed E-state index contributed by atoms with van der Waals surface area (Å²) in [6.45, 7) is 8.17. The fourth-order valence-corrected chi connectivity index (χ4v) is 2.83. The molecule has 0 unspecified atom stereocenters. The maximum Gasteiger partial charge on any atom is 0.254 e. The van der Waals surface area contributed by atoms with Gasteiger partial charge in [0.15, 0.2) is 0 Å². The first-order chi connectivity index (χ1) is 7.89. The average Bonchev–Trinajstić information content (AvgIpc) is 2.72. The molecule has 5 heteroatoms. The van der Waals surface area contributed by atoms with Crippen LogP contribution in [0.5, 0.6) is 0 Å². The molecule has 1 aromatic heterocycles. The van der Waals surface area contributed by atoms with Crippen molar-refractivity contribution in [3.63, 3.8) is 0 Å². The number of halogens is 1. The van der Waals surface area contributed by atoms with Crippen LogP contribution in [0.1, 0.15) is 31.1 Å². The fourth-order valence-electron chi connectivity index (χ4n) is 1.51. The lowest BCUT2D eigenvalue weighted by Crippen LogP contribution is -2.41. The van der Waals surface area contributed by atoms with Crippen LogP contribution >= 0.6 is 33.9 Å². The number of rotatable bonds is 5. The van der Waals surface area contributed by atoms with Gasteiger partial charge < -0.3 is 10.6 Å². The van der Waals surface area contributed by atoms with Crippen LogP contribution in [0.4, 0.5) is 0 Å². The lowest BCUT2D eigenvalue weighted by molar-refractivity contribution is 0.0701. The molecule has 96 valence electrons. The van der Waals surface area contributed by atoms with Crippen molar-refractivity contribution in [2.24, 2.45) is 11.1 Å². The molecule has 1 aromatic rings. The first kappa shape index (κ1) is 14.9. The molecule has 0 fully saturated rings. The molecular formula is C12H19IN2OS. The van der Waals surface area contributed by atoms with Gasteiger partial charge in [-0.1, -0.05) is 13.8 Å². The zero-order valence-corrected chi connectivity index (χ0v) is 13.5. The first-order valence-corrected chi connectivity index (χ1v) is 7.59. The third-order valence-electron chi connectivity index (χ3n) is 2.65. The predicted molar refractivity (Wildman–Crippen MR) is 81.4 cm³/mol. The van der Waals surface area contributed by atoms with E-state index in [1.54, 1.807) is 11.3 Å². The normalized spacial score (nSPS) is 11.6. The Balaban J connectivity index is 2.78. The van der Waals surface area contributed by atoms with Crippen molar-refractivity contribution in [2.75, 3.05) is 19.6 Å². The number of thiophene rings is 1. The summed E-state index contributed by atoms with van der Waals surface area (Å²) < 4.78 is 1.14. The molecule has 2 N–H and O–H groups in total. The molecular weight excluding hydrogens is 347 g/mol. The number of hydrogen-bond acceptors (Lipinski definition) is 3. The van der Waals surface area contributed by atoms with Gasteiger partial charge in [0.2, 0.25) is 0 Å². The third-order valence-corrected chi connectivity index (χ3v) is 4.44. The van der Waals surface area contributed by atoms with E-state index in [0.29, 0.717) is 19.6 Å². The minimum atomic E-state index is -0.0329. The zero-order chi connectivity index (χ0) is 13.1. The van der Waals surface area contributed by atoms with Crippen molar-refractivity contribution in [3.8, 4) is 0 Å². The van der Waals surface area contributed by atoms with Crippen molar-refractivity contribution >= 4 is 39.8 Å². The fraction of sp³-hybridized carbons (Fsp3) is 0.583. The maximum atomic E-state index is 12.3. The van der Waals surface area contributed by atoms with Crippen LogP contribution in [-0.4, -0.2) is 30.4 Å². The van der Waals surface area contributed by atoms with Crippen LogP contribution in [0.3, 0.4) is 0 Å². The highest BCUT2D eigenvalue weighted by atomic mass is 127. The average molecular weight is 366 g/mol. The smallest absolute Gasteiger partial charge is 0.254 e. The van der Waals surface area contributed by atoms with Crippen LogP contribution in [-0.2, 0) is 0 Å². The van der Waals surface area contributed by atoms with E-state index in [2.05, 4.69) is 36.4 Å². The summed E-state index contributed by atoms with van der Waals surface area (Å²) in [5.41, 5.74) is 6.47. The van der Waals surface area contributed by atoms with Gasteiger partial charge >= 0.3 is 0 Å². The Morgan fingerprint density at radius 1 is 1.59 bits per heavy atom. The molecule has 1 amide bonds. The van der Waals surface area contributed by atoms with E-state index in [1.165, 1.54) is 0 Å². The monoisotopic (exact) mass is 366 g/mol. The third kappa shape index (κ3) is 4.22. The quantitative estimate of drug-likeness (QED) is 0.815. The van der Waals surface area contributed by atoms with E-state index >= 15 is 0 Å². The van der Waals surface area contributed by atoms with Gasteiger partial charge in [-0.25, -0.2) is 0 Å². The summed E-state index contributed by atoms with van der Waals surface area (Å²) >= 11 is 3.83. The van der Waals surface area contributed by atoms with Crippen molar-refractivity contribution in [1.29, 1.82) is 0 Å². The van der Waals surface area contributed by atoms with Gasteiger partial charge in [-0.05, 0) is 47.5 Å². The minimum absolute atomic E-state index is 0.0329. The van der Waals surface area contributed by atoms with Crippen LogP contribution < -0.4 is 5.73 Å². The van der Waals surface area contributed by atoms with Gasteiger partial charge in [0.1, 0.15) is 0 Å². The molecule has 1 rings (SSSR count). The van der Waals surface area contributed by atoms with Crippen LogP contribution in [0.15, 0.2) is 11.4 Å². The minimum Gasteiger partial charge on any atom is -0.338 e. The van der Waals surface area contributed by atoms with Gasteiger partial charge in [0.05, 0.1) is 8.45 Å². The molecule has 0 aliphatic heterocycles. The lowest BCUT2D eigenvalue weighted by atomic mass is 9.93. The van der Waals surface area contributed by atoms with Crippen LogP contribution in [0.25, 0.3) is 0 Å². The zero-order valence-electron chi connectivity index (χ0n) is 10.5.